The Morgan fingerprint density at radius 2 is 1.32 bits per heavy atom. The zero-order chi connectivity index (χ0) is 24.8. The topological polar surface area (TPSA) is 90.9 Å². The summed E-state index contributed by atoms with van der Waals surface area (Å²) in [6.07, 6.45) is 3.03. The molecule has 1 heterocycles. The first-order valence-corrected chi connectivity index (χ1v) is 10.7. The molecular weight excluding hydrogens is 434 g/mol. The van der Waals surface area contributed by atoms with Crippen molar-refractivity contribution in [3.63, 3.8) is 0 Å². The molecule has 0 aliphatic carbocycles. The van der Waals surface area contributed by atoms with Crippen molar-refractivity contribution < 1.29 is 28.6 Å². The maximum atomic E-state index is 12.6. The van der Waals surface area contributed by atoms with Crippen LogP contribution in [0, 0.1) is 6.92 Å². The number of nitrogens with one attached hydrogen (secondary N) is 1. The molecule has 1 aliphatic heterocycles. The molecule has 0 fully saturated rings. The number of allylic oxidation sites excluding steroid dienone is 2. The first-order chi connectivity index (χ1) is 16.2. The second kappa shape index (κ2) is 10.7. The van der Waals surface area contributed by atoms with Gasteiger partial charge in [0.05, 0.1) is 31.3 Å². The van der Waals surface area contributed by atoms with Gasteiger partial charge in [-0.2, -0.15) is 0 Å². The molecule has 0 amide bonds. The Labute approximate surface area is 198 Å². The summed E-state index contributed by atoms with van der Waals surface area (Å²) in [7, 11) is 2.57. The van der Waals surface area contributed by atoms with E-state index in [0.717, 1.165) is 11.1 Å². The van der Waals surface area contributed by atoms with Crippen molar-refractivity contribution in [1.29, 1.82) is 0 Å². The van der Waals surface area contributed by atoms with Gasteiger partial charge < -0.3 is 19.5 Å². The fourth-order valence-corrected chi connectivity index (χ4v) is 3.81. The van der Waals surface area contributed by atoms with E-state index in [2.05, 4.69) is 5.32 Å². The van der Waals surface area contributed by atoms with Crippen molar-refractivity contribution in [1.82, 2.24) is 5.32 Å². The van der Waals surface area contributed by atoms with Crippen LogP contribution < -0.4 is 10.1 Å². The van der Waals surface area contributed by atoms with Crippen molar-refractivity contribution in [2.45, 2.75) is 26.7 Å². The number of benzene rings is 2. The lowest BCUT2D eigenvalue weighted by Gasteiger charge is -2.30. The zero-order valence-corrected chi connectivity index (χ0v) is 19.8. The van der Waals surface area contributed by atoms with E-state index < -0.39 is 23.8 Å². The van der Waals surface area contributed by atoms with Gasteiger partial charge in [0.2, 0.25) is 0 Å². The van der Waals surface area contributed by atoms with E-state index in [9.17, 15) is 14.4 Å². The first kappa shape index (κ1) is 24.5. The van der Waals surface area contributed by atoms with E-state index >= 15 is 0 Å². The van der Waals surface area contributed by atoms with Gasteiger partial charge in [-0.05, 0) is 50.1 Å². The largest absolute Gasteiger partial charge is 0.466 e. The molecule has 1 aliphatic rings. The molecule has 0 aromatic heterocycles. The molecule has 2 aromatic carbocycles. The number of ether oxygens (including phenoxy) is 3. The zero-order valence-electron chi connectivity index (χ0n) is 19.8. The summed E-state index contributed by atoms with van der Waals surface area (Å²) in [4.78, 5) is 37.4. The number of carbonyl (C=O) groups is 3. The van der Waals surface area contributed by atoms with E-state index in [0.29, 0.717) is 33.9 Å². The second-order valence-electron chi connectivity index (χ2n) is 7.85. The quantitative estimate of drug-likeness (QED) is 0.392. The van der Waals surface area contributed by atoms with E-state index in [4.69, 9.17) is 14.2 Å². The van der Waals surface area contributed by atoms with E-state index in [1.54, 1.807) is 44.2 Å². The van der Waals surface area contributed by atoms with Crippen LogP contribution in [0.2, 0.25) is 0 Å². The lowest BCUT2D eigenvalue weighted by Crippen LogP contribution is -2.32. The molecule has 0 atom stereocenters. The number of hydrogen-bond donors (Lipinski definition) is 1. The summed E-state index contributed by atoms with van der Waals surface area (Å²) in [5, 5.41) is 3.06. The first-order valence-electron chi connectivity index (χ1n) is 10.7. The van der Waals surface area contributed by atoms with Gasteiger partial charge in [0.1, 0.15) is 5.75 Å². The molecule has 0 unspecified atom stereocenters. The third kappa shape index (κ3) is 5.43. The monoisotopic (exact) mass is 461 g/mol. The van der Waals surface area contributed by atoms with E-state index in [-0.39, 0.29) is 0 Å². The van der Waals surface area contributed by atoms with Gasteiger partial charge in [0, 0.05) is 17.5 Å². The van der Waals surface area contributed by atoms with Crippen molar-refractivity contribution >= 4 is 24.0 Å². The lowest BCUT2D eigenvalue weighted by molar-refractivity contribution is -0.137. The SMILES string of the molecule is COC(=O)C1=C(C)NC(C)=C(C(=O)OC)C1c1ccc(OC(=O)/C=C/c2ccc(C)cc2)cc1. The van der Waals surface area contributed by atoms with Crippen LogP contribution in [0.15, 0.2) is 77.1 Å². The van der Waals surface area contributed by atoms with Crippen LogP contribution >= 0.6 is 0 Å². The predicted octanol–water partition coefficient (Wildman–Crippen LogP) is 4.19. The molecule has 0 bridgehead atoms. The Balaban J connectivity index is 1.85. The Bertz CT molecular complexity index is 1150. The molecule has 3 rings (SSSR count). The van der Waals surface area contributed by atoms with Crippen molar-refractivity contribution in [3.05, 3.63) is 93.8 Å². The molecule has 34 heavy (non-hydrogen) atoms. The van der Waals surface area contributed by atoms with E-state index in [1.165, 1.54) is 20.3 Å². The molecule has 7 nitrogen and oxygen atoms in total. The summed E-state index contributed by atoms with van der Waals surface area (Å²) in [6.45, 7) is 5.48. The summed E-state index contributed by atoms with van der Waals surface area (Å²) in [6, 6.07) is 14.4. The molecule has 7 heteroatoms. The molecule has 0 radical (unpaired) electrons. The molecular formula is C27H27NO6. The number of hydrogen-bond acceptors (Lipinski definition) is 7. The summed E-state index contributed by atoms with van der Waals surface area (Å²) in [5.41, 5.74) is 4.44. The van der Waals surface area contributed by atoms with Gasteiger partial charge >= 0.3 is 17.9 Å². The van der Waals surface area contributed by atoms with Crippen LogP contribution in [0.1, 0.15) is 36.5 Å². The third-order valence-electron chi connectivity index (χ3n) is 5.49. The summed E-state index contributed by atoms with van der Waals surface area (Å²) < 4.78 is 15.3. The van der Waals surface area contributed by atoms with Crippen LogP contribution in [0.25, 0.3) is 6.08 Å². The van der Waals surface area contributed by atoms with Crippen molar-refractivity contribution in [2.75, 3.05) is 14.2 Å². The highest BCUT2D eigenvalue weighted by Gasteiger charge is 2.37. The normalized spacial score (nSPS) is 14.1. The van der Waals surface area contributed by atoms with Gasteiger partial charge in [0.25, 0.3) is 0 Å². The fraction of sp³-hybridized carbons (Fsp3) is 0.222. The van der Waals surface area contributed by atoms with Gasteiger partial charge in [-0.3, -0.25) is 0 Å². The van der Waals surface area contributed by atoms with Crippen LogP contribution in [0.3, 0.4) is 0 Å². The van der Waals surface area contributed by atoms with Crippen LogP contribution in [0.5, 0.6) is 5.75 Å². The summed E-state index contributed by atoms with van der Waals surface area (Å²) >= 11 is 0. The minimum absolute atomic E-state index is 0.305. The van der Waals surface area contributed by atoms with Crippen LogP contribution in [-0.4, -0.2) is 32.1 Å². The second-order valence-corrected chi connectivity index (χ2v) is 7.85. The molecule has 2 aromatic rings. The van der Waals surface area contributed by atoms with Crippen LogP contribution in [-0.2, 0) is 23.9 Å². The van der Waals surface area contributed by atoms with Crippen LogP contribution in [0.4, 0.5) is 0 Å². The fourth-order valence-electron chi connectivity index (χ4n) is 3.81. The molecule has 0 saturated carbocycles. The number of carbonyl (C=O) groups excluding carboxylic acids is 3. The number of aryl methyl sites for hydroxylation is 1. The summed E-state index contributed by atoms with van der Waals surface area (Å²) in [5.74, 6) is -2.00. The van der Waals surface area contributed by atoms with Crippen molar-refractivity contribution in [2.24, 2.45) is 0 Å². The average molecular weight is 462 g/mol. The molecule has 0 spiro atoms. The predicted molar refractivity (Wildman–Crippen MR) is 128 cm³/mol. The van der Waals surface area contributed by atoms with E-state index in [1.807, 2.05) is 31.2 Å². The molecule has 1 N–H and O–H groups in total. The smallest absolute Gasteiger partial charge is 0.336 e. The molecule has 0 saturated heterocycles. The highest BCUT2D eigenvalue weighted by atomic mass is 16.5. The number of methoxy groups -OCH3 is 2. The Morgan fingerprint density at radius 3 is 1.82 bits per heavy atom. The maximum Gasteiger partial charge on any atom is 0.336 e. The van der Waals surface area contributed by atoms with Crippen molar-refractivity contribution in [3.8, 4) is 5.75 Å². The third-order valence-corrected chi connectivity index (χ3v) is 5.49. The standard InChI is InChI=1S/C27H27NO6/c1-16-6-8-19(9-7-16)10-15-22(29)34-21-13-11-20(12-14-21)25-23(26(30)32-4)17(2)28-18(3)24(25)27(31)33-5/h6-15,25,28H,1-5H3/b15-10+. The number of dihydropyridines is 1. The Hall–Kier alpha value is -4.13. The lowest BCUT2D eigenvalue weighted by atomic mass is 9.80. The average Bonchev–Trinajstić information content (AvgIpc) is 2.83. The van der Waals surface area contributed by atoms with Gasteiger partial charge in [0.15, 0.2) is 0 Å². The Morgan fingerprint density at radius 1 is 0.794 bits per heavy atom. The number of esters is 3. The van der Waals surface area contributed by atoms with Gasteiger partial charge in [-0.25, -0.2) is 14.4 Å². The minimum atomic E-state index is -0.702. The highest BCUT2D eigenvalue weighted by Crippen LogP contribution is 2.39. The van der Waals surface area contributed by atoms with Gasteiger partial charge in [-0.15, -0.1) is 0 Å². The van der Waals surface area contributed by atoms with Gasteiger partial charge in [-0.1, -0.05) is 42.0 Å². The molecule has 176 valence electrons. The minimum Gasteiger partial charge on any atom is -0.466 e. The maximum absolute atomic E-state index is 12.6. The Kier molecular flexibility index (Phi) is 7.68. The number of rotatable bonds is 6. The highest BCUT2D eigenvalue weighted by molar-refractivity contribution is 5.99.